The van der Waals surface area contributed by atoms with Crippen LogP contribution < -0.4 is 10.6 Å². The fourth-order valence-electron chi connectivity index (χ4n) is 2.29. The second-order valence-electron chi connectivity index (χ2n) is 5.14. The number of carbonyl (C=O) groups is 1. The number of pyridine rings is 1. The van der Waals surface area contributed by atoms with Crippen molar-refractivity contribution < 1.29 is 9.53 Å². The van der Waals surface area contributed by atoms with Gasteiger partial charge in [-0.3, -0.25) is 4.98 Å². The molecule has 130 valence electrons. The fourth-order valence-corrected chi connectivity index (χ4v) is 2.63. The summed E-state index contributed by atoms with van der Waals surface area (Å²) in [4.78, 5) is 20.4. The number of carbonyl (C=O) groups excluding carboxylic acids is 1. The van der Waals surface area contributed by atoms with Crippen LogP contribution in [0.25, 0.3) is 5.65 Å². The molecule has 0 bridgehead atoms. The zero-order valence-electron chi connectivity index (χ0n) is 13.3. The third kappa shape index (κ3) is 3.81. The molecule has 1 atom stereocenters. The smallest absolute Gasteiger partial charge is 0.323 e. The molecule has 0 aromatic carbocycles. The summed E-state index contributed by atoms with van der Waals surface area (Å²) in [5, 5.41) is 10.3. The Bertz CT molecular complexity index is 930. The monoisotopic (exact) mass is 380 g/mol. The summed E-state index contributed by atoms with van der Waals surface area (Å²) in [6.45, 7) is 1.83. The summed E-state index contributed by atoms with van der Waals surface area (Å²) in [5.74, 6) is 0. The van der Waals surface area contributed by atoms with Gasteiger partial charge < -0.3 is 15.4 Å². The lowest BCUT2D eigenvalue weighted by Gasteiger charge is -2.17. The average Bonchev–Trinajstić information content (AvgIpc) is 2.94. The first-order valence-electron chi connectivity index (χ1n) is 7.23. The van der Waals surface area contributed by atoms with Gasteiger partial charge in [0.15, 0.2) is 10.8 Å². The molecule has 0 saturated heterocycles. The Balaban J connectivity index is 1.91. The molecule has 1 unspecified atom stereocenters. The van der Waals surface area contributed by atoms with Gasteiger partial charge in [0.2, 0.25) is 0 Å². The van der Waals surface area contributed by atoms with Crippen molar-refractivity contribution in [2.75, 3.05) is 17.7 Å². The first kappa shape index (κ1) is 17.4. The van der Waals surface area contributed by atoms with Gasteiger partial charge in [-0.05, 0) is 13.0 Å². The second-order valence-corrected chi connectivity index (χ2v) is 5.97. The number of fused-ring (bicyclic) bond motifs is 1. The van der Waals surface area contributed by atoms with E-state index in [0.29, 0.717) is 32.9 Å². The third-order valence-corrected chi connectivity index (χ3v) is 3.83. The summed E-state index contributed by atoms with van der Waals surface area (Å²) in [6.07, 6.45) is 4.12. The summed E-state index contributed by atoms with van der Waals surface area (Å²) in [7, 11) is 1.56. The van der Waals surface area contributed by atoms with Crippen LogP contribution in [0, 0.1) is 0 Å². The predicted octanol–water partition coefficient (Wildman–Crippen LogP) is 3.78. The molecule has 0 fully saturated rings. The van der Waals surface area contributed by atoms with Crippen molar-refractivity contribution >= 4 is 46.3 Å². The van der Waals surface area contributed by atoms with Crippen molar-refractivity contribution in [1.82, 2.24) is 19.6 Å². The molecule has 3 rings (SSSR count). The Kier molecular flexibility index (Phi) is 5.03. The van der Waals surface area contributed by atoms with Crippen LogP contribution in [-0.4, -0.2) is 32.7 Å². The van der Waals surface area contributed by atoms with Gasteiger partial charge >= 0.3 is 6.03 Å². The fraction of sp³-hybridized carbons (Fsp3) is 0.200. The van der Waals surface area contributed by atoms with Crippen LogP contribution in [-0.2, 0) is 4.74 Å². The van der Waals surface area contributed by atoms with Crippen LogP contribution in [0.3, 0.4) is 0 Å². The molecular formula is C15H14Cl2N6O2. The Labute approximate surface area is 153 Å². The molecule has 3 heterocycles. The lowest BCUT2D eigenvalue weighted by atomic mass is 10.2. The summed E-state index contributed by atoms with van der Waals surface area (Å²) in [5.41, 5.74) is 2.06. The van der Waals surface area contributed by atoms with E-state index in [9.17, 15) is 4.79 Å². The lowest BCUT2D eigenvalue weighted by Crippen LogP contribution is -2.22. The average molecular weight is 381 g/mol. The van der Waals surface area contributed by atoms with Gasteiger partial charge in [0, 0.05) is 19.4 Å². The van der Waals surface area contributed by atoms with Gasteiger partial charge in [0.1, 0.15) is 0 Å². The SMILES string of the molecule is COC(C)c1c(NC(=O)Nc2cncc(Cl)c2)cnc2cc(Cl)nn12. The molecule has 25 heavy (non-hydrogen) atoms. The largest absolute Gasteiger partial charge is 0.375 e. The van der Waals surface area contributed by atoms with Gasteiger partial charge in [-0.2, -0.15) is 5.10 Å². The van der Waals surface area contributed by atoms with Crippen LogP contribution in [0.4, 0.5) is 16.2 Å². The second kappa shape index (κ2) is 7.22. The van der Waals surface area contributed by atoms with E-state index in [1.54, 1.807) is 19.2 Å². The molecule has 0 spiro atoms. The summed E-state index contributed by atoms with van der Waals surface area (Å²) in [6, 6.07) is 2.73. The summed E-state index contributed by atoms with van der Waals surface area (Å²) >= 11 is 11.8. The highest BCUT2D eigenvalue weighted by Crippen LogP contribution is 2.26. The standard InChI is InChI=1S/C15H14Cl2N6O2/c1-8(25-2)14-11(7-19-13-4-12(17)22-23(13)14)21-15(24)20-10-3-9(16)5-18-6-10/h3-8H,1-2H3,(H2,20,21,24). The molecule has 0 aliphatic rings. The molecule has 0 radical (unpaired) electrons. The number of hydrogen-bond donors (Lipinski definition) is 2. The van der Waals surface area contributed by atoms with Gasteiger partial charge in [-0.1, -0.05) is 23.2 Å². The molecule has 10 heteroatoms. The normalized spacial score (nSPS) is 12.2. The van der Waals surface area contributed by atoms with E-state index in [0.717, 1.165) is 0 Å². The van der Waals surface area contributed by atoms with Crippen molar-refractivity contribution in [2.45, 2.75) is 13.0 Å². The molecule has 3 aromatic rings. The zero-order valence-corrected chi connectivity index (χ0v) is 14.8. The number of halogens is 2. The molecule has 2 amide bonds. The zero-order chi connectivity index (χ0) is 18.0. The maximum atomic E-state index is 12.3. The van der Waals surface area contributed by atoms with Crippen LogP contribution in [0.2, 0.25) is 10.2 Å². The van der Waals surface area contributed by atoms with E-state index in [-0.39, 0.29) is 6.10 Å². The number of methoxy groups -OCH3 is 1. The first-order valence-corrected chi connectivity index (χ1v) is 7.99. The van der Waals surface area contributed by atoms with E-state index < -0.39 is 6.03 Å². The van der Waals surface area contributed by atoms with Crippen LogP contribution in [0.1, 0.15) is 18.7 Å². The Morgan fingerprint density at radius 1 is 1.24 bits per heavy atom. The van der Waals surface area contributed by atoms with E-state index in [2.05, 4.69) is 25.7 Å². The maximum Gasteiger partial charge on any atom is 0.323 e. The third-order valence-electron chi connectivity index (χ3n) is 3.44. The van der Waals surface area contributed by atoms with E-state index in [1.165, 1.54) is 23.1 Å². The van der Waals surface area contributed by atoms with Crippen molar-refractivity contribution in [3.05, 3.63) is 46.6 Å². The van der Waals surface area contributed by atoms with Crippen molar-refractivity contribution in [3.63, 3.8) is 0 Å². The molecule has 0 aliphatic carbocycles. The first-order chi connectivity index (χ1) is 12.0. The van der Waals surface area contributed by atoms with E-state index in [1.807, 2.05) is 6.92 Å². The number of ether oxygens (including phenoxy) is 1. The molecule has 0 aliphatic heterocycles. The van der Waals surface area contributed by atoms with Gasteiger partial charge in [-0.25, -0.2) is 14.3 Å². The minimum absolute atomic E-state index is 0.295. The molecular weight excluding hydrogens is 367 g/mol. The van der Waals surface area contributed by atoms with Crippen molar-refractivity contribution in [2.24, 2.45) is 0 Å². The maximum absolute atomic E-state index is 12.3. The van der Waals surface area contributed by atoms with Crippen molar-refractivity contribution in [1.29, 1.82) is 0 Å². The van der Waals surface area contributed by atoms with Gasteiger partial charge in [0.25, 0.3) is 0 Å². The van der Waals surface area contributed by atoms with Crippen LogP contribution in [0.15, 0.2) is 30.7 Å². The van der Waals surface area contributed by atoms with Gasteiger partial charge in [0.05, 0.1) is 40.6 Å². The summed E-state index contributed by atoms with van der Waals surface area (Å²) < 4.78 is 6.91. The predicted molar refractivity (Wildman–Crippen MR) is 95.3 cm³/mol. The minimum Gasteiger partial charge on any atom is -0.375 e. The minimum atomic E-state index is -0.479. The molecule has 2 N–H and O–H groups in total. The highest BCUT2D eigenvalue weighted by atomic mass is 35.5. The van der Waals surface area contributed by atoms with Crippen LogP contribution >= 0.6 is 23.2 Å². The Morgan fingerprint density at radius 3 is 2.76 bits per heavy atom. The number of aromatic nitrogens is 4. The highest BCUT2D eigenvalue weighted by molar-refractivity contribution is 6.30. The lowest BCUT2D eigenvalue weighted by molar-refractivity contribution is 0.114. The highest BCUT2D eigenvalue weighted by Gasteiger charge is 2.19. The number of anilines is 2. The number of nitrogens with zero attached hydrogens (tertiary/aromatic N) is 4. The quantitative estimate of drug-likeness (QED) is 0.717. The molecule has 3 aromatic heterocycles. The number of hydrogen-bond acceptors (Lipinski definition) is 5. The van der Waals surface area contributed by atoms with Gasteiger partial charge in [-0.15, -0.1) is 0 Å². The van der Waals surface area contributed by atoms with Crippen molar-refractivity contribution in [3.8, 4) is 0 Å². The Morgan fingerprint density at radius 2 is 2.04 bits per heavy atom. The number of amides is 2. The molecule has 0 saturated carbocycles. The number of urea groups is 1. The number of rotatable bonds is 4. The topological polar surface area (TPSA) is 93.4 Å². The van der Waals surface area contributed by atoms with E-state index in [4.69, 9.17) is 27.9 Å². The van der Waals surface area contributed by atoms with E-state index >= 15 is 0 Å². The Hall–Kier alpha value is -2.42. The van der Waals surface area contributed by atoms with Crippen LogP contribution in [0.5, 0.6) is 0 Å². The number of nitrogens with one attached hydrogen (secondary N) is 2. The molecule has 8 nitrogen and oxygen atoms in total.